The van der Waals surface area contributed by atoms with Crippen molar-refractivity contribution in [1.82, 2.24) is 30.5 Å². The van der Waals surface area contributed by atoms with Gasteiger partial charge in [0, 0.05) is 36.2 Å². The number of alkyl halides is 3. The van der Waals surface area contributed by atoms with E-state index in [1.165, 1.54) is 0 Å². The fraction of sp³-hybridized carbons (Fsp3) is 0.500. The van der Waals surface area contributed by atoms with Crippen molar-refractivity contribution >= 4 is 47.2 Å². The number of hydrogen-bond acceptors (Lipinski definition) is 8. The summed E-state index contributed by atoms with van der Waals surface area (Å²) in [5.41, 5.74) is 1.39. The van der Waals surface area contributed by atoms with Gasteiger partial charge in [-0.15, -0.1) is 0 Å². The molecule has 5 rings (SSSR count). The summed E-state index contributed by atoms with van der Waals surface area (Å²) in [7, 11) is 0. The number of aromatic nitrogens is 3. The summed E-state index contributed by atoms with van der Waals surface area (Å²) in [5.74, 6) is -1.57. The van der Waals surface area contributed by atoms with Gasteiger partial charge in [-0.3, -0.25) is 14.9 Å². The largest absolute Gasteiger partial charge is 0.490 e. The number of carboxylic acid groups (broad SMARTS) is 1. The van der Waals surface area contributed by atoms with Crippen LogP contribution in [0.5, 0.6) is 0 Å². The predicted molar refractivity (Wildman–Crippen MR) is 136 cm³/mol. The molecule has 40 heavy (non-hydrogen) atoms. The first kappa shape index (κ1) is 28.6. The van der Waals surface area contributed by atoms with Crippen LogP contribution in [0.2, 0.25) is 0 Å². The van der Waals surface area contributed by atoms with Crippen LogP contribution in [0, 0.1) is 0 Å². The van der Waals surface area contributed by atoms with Crippen LogP contribution in [-0.4, -0.2) is 67.8 Å². The van der Waals surface area contributed by atoms with Crippen molar-refractivity contribution in [3.05, 3.63) is 23.5 Å². The second-order valence-electron chi connectivity index (χ2n) is 9.66. The summed E-state index contributed by atoms with van der Waals surface area (Å²) >= 11 is 0. The van der Waals surface area contributed by atoms with Crippen LogP contribution >= 0.6 is 0 Å². The van der Waals surface area contributed by atoms with Gasteiger partial charge >= 0.3 is 18.2 Å². The Balaban J connectivity index is 0.000000470. The highest BCUT2D eigenvalue weighted by Gasteiger charge is 2.38. The zero-order valence-corrected chi connectivity index (χ0v) is 21.5. The first-order valence-corrected chi connectivity index (χ1v) is 12.8. The lowest BCUT2D eigenvalue weighted by Crippen LogP contribution is -2.39. The lowest BCUT2D eigenvalue weighted by atomic mass is 9.91. The van der Waals surface area contributed by atoms with Crippen molar-refractivity contribution in [2.75, 3.05) is 10.6 Å². The number of aliphatic carboxylic acids is 1. The van der Waals surface area contributed by atoms with Crippen LogP contribution in [0.3, 0.4) is 0 Å². The van der Waals surface area contributed by atoms with Crippen molar-refractivity contribution in [3.8, 4) is 0 Å². The molecule has 0 bridgehead atoms. The van der Waals surface area contributed by atoms with E-state index in [0.717, 1.165) is 50.2 Å². The van der Waals surface area contributed by atoms with Gasteiger partial charge in [0.25, 0.3) is 5.91 Å². The number of urea groups is 1. The highest BCUT2D eigenvalue weighted by Crippen LogP contribution is 2.29. The summed E-state index contributed by atoms with van der Waals surface area (Å²) in [6, 6.07) is 2.34. The zero-order valence-electron chi connectivity index (χ0n) is 21.5. The quantitative estimate of drug-likeness (QED) is 0.217. The van der Waals surface area contributed by atoms with Crippen LogP contribution in [0.4, 0.5) is 29.6 Å². The Kier molecular flexibility index (Phi) is 8.44. The lowest BCUT2D eigenvalue weighted by molar-refractivity contribution is -0.192. The maximum absolute atomic E-state index is 11.9. The number of fused-ring (bicyclic) bond motifs is 1. The second-order valence-corrected chi connectivity index (χ2v) is 9.66. The molecule has 3 fully saturated rings. The second kappa shape index (κ2) is 11.8. The van der Waals surface area contributed by atoms with E-state index in [2.05, 4.69) is 31.7 Å². The number of hydrogen-bond donors (Lipinski definition) is 6. The molecule has 4 amide bonds. The van der Waals surface area contributed by atoms with E-state index in [1.807, 2.05) is 13.0 Å². The van der Waals surface area contributed by atoms with Crippen molar-refractivity contribution in [2.24, 2.45) is 0 Å². The molecule has 3 heterocycles. The fourth-order valence-electron chi connectivity index (χ4n) is 4.25. The Morgan fingerprint density at radius 2 is 1.68 bits per heavy atom. The van der Waals surface area contributed by atoms with E-state index in [-0.39, 0.29) is 23.7 Å². The first-order chi connectivity index (χ1) is 18.9. The molecule has 13 nitrogen and oxygen atoms in total. The molecule has 16 heteroatoms. The Bertz CT molecular complexity index is 1330. The number of carbonyl (C=O) groups is 4. The maximum Gasteiger partial charge on any atom is 0.490 e. The topological polar surface area (TPSA) is 179 Å². The van der Waals surface area contributed by atoms with Gasteiger partial charge in [0.15, 0.2) is 5.65 Å². The number of carbonyl (C=O) groups excluding carboxylic acids is 3. The van der Waals surface area contributed by atoms with Gasteiger partial charge in [-0.25, -0.2) is 14.6 Å². The minimum atomic E-state index is -5.08. The Hall–Kier alpha value is -4.37. The first-order valence-electron chi connectivity index (χ1n) is 12.8. The van der Waals surface area contributed by atoms with Crippen molar-refractivity contribution < 1.29 is 37.5 Å². The van der Waals surface area contributed by atoms with Crippen molar-refractivity contribution in [2.45, 2.75) is 76.2 Å². The Morgan fingerprint density at radius 3 is 2.23 bits per heavy atom. The molecule has 3 aliphatic rings. The van der Waals surface area contributed by atoms with Crippen LogP contribution in [-0.2, 0) is 14.4 Å². The number of rotatable bonds is 7. The molecule has 2 aliphatic carbocycles. The van der Waals surface area contributed by atoms with E-state index in [4.69, 9.17) is 14.9 Å². The molecule has 0 spiro atoms. The van der Waals surface area contributed by atoms with Crippen LogP contribution in [0.15, 0.2) is 18.0 Å². The number of carboxylic acids is 1. The number of amides is 4. The third kappa shape index (κ3) is 7.39. The van der Waals surface area contributed by atoms with Crippen molar-refractivity contribution in [1.29, 1.82) is 0 Å². The summed E-state index contributed by atoms with van der Waals surface area (Å²) in [6.45, 7) is 1.87. The Labute approximate surface area is 226 Å². The van der Waals surface area contributed by atoms with E-state index < -0.39 is 24.1 Å². The van der Waals surface area contributed by atoms with Gasteiger partial charge in [0.05, 0.1) is 6.20 Å². The average Bonchev–Trinajstić information content (AvgIpc) is 3.53. The average molecular weight is 567 g/mol. The van der Waals surface area contributed by atoms with Crippen molar-refractivity contribution in [3.63, 3.8) is 0 Å². The van der Waals surface area contributed by atoms with Gasteiger partial charge in [0.2, 0.25) is 5.91 Å². The maximum atomic E-state index is 11.9. The SMILES string of the molecule is CCC(=O)N[C@H]1CC[C@H](Nc2cc(NC3CC3)n3ncc(/C=C4\NC(=O)NC4=O)c3n2)CC1.O=C(O)C(F)(F)F. The fourth-order valence-corrected chi connectivity index (χ4v) is 4.25. The normalized spacial score (nSPS) is 21.8. The van der Waals surface area contributed by atoms with E-state index in [1.54, 1.807) is 16.8 Å². The highest BCUT2D eigenvalue weighted by atomic mass is 19.4. The number of nitrogens with one attached hydrogen (secondary N) is 5. The third-order valence-corrected chi connectivity index (χ3v) is 6.46. The standard InChI is InChI=1S/C22H28N8O3.C2HF3O2/c1-2-19(31)26-15-7-3-13(4-8-15)24-17-10-18(25-14-5-6-14)30-20(28-17)12(11-23-30)9-16-21(32)29-22(33)27-16;3-2(4,5)1(6)7/h9-11,13-15,25H,2-8H2,1H3,(H,24,28)(H,26,31)(H2,27,29,32,33);(H,6,7)/b16-9-;/t13-,15-;. The molecule has 2 aromatic rings. The molecule has 216 valence electrons. The van der Waals surface area contributed by atoms with Gasteiger partial charge in [-0.1, -0.05) is 6.92 Å². The Morgan fingerprint density at radius 1 is 1.07 bits per heavy atom. The number of halogens is 3. The summed E-state index contributed by atoms with van der Waals surface area (Å²) in [6.07, 6.45) is 4.61. The van der Waals surface area contributed by atoms with Gasteiger partial charge in [-0.2, -0.15) is 22.8 Å². The molecule has 1 saturated heterocycles. The molecule has 0 atom stereocenters. The number of nitrogens with zero attached hydrogens (tertiary/aromatic N) is 3. The molecule has 6 N–H and O–H groups in total. The predicted octanol–water partition coefficient (Wildman–Crippen LogP) is 2.37. The smallest absolute Gasteiger partial charge is 0.475 e. The molecule has 2 aromatic heterocycles. The van der Waals surface area contributed by atoms with Crippen LogP contribution in [0.25, 0.3) is 11.7 Å². The number of imide groups is 1. The van der Waals surface area contributed by atoms with Gasteiger partial charge in [-0.05, 0) is 44.6 Å². The van der Waals surface area contributed by atoms with Gasteiger partial charge < -0.3 is 26.4 Å². The third-order valence-electron chi connectivity index (χ3n) is 6.46. The minimum Gasteiger partial charge on any atom is -0.475 e. The van der Waals surface area contributed by atoms with Crippen LogP contribution < -0.4 is 26.6 Å². The van der Waals surface area contributed by atoms with Gasteiger partial charge in [0.1, 0.15) is 17.3 Å². The molecule has 0 radical (unpaired) electrons. The number of anilines is 2. The van der Waals surface area contributed by atoms with E-state index >= 15 is 0 Å². The molecular weight excluding hydrogens is 537 g/mol. The van der Waals surface area contributed by atoms with E-state index in [9.17, 15) is 27.6 Å². The summed E-state index contributed by atoms with van der Waals surface area (Å²) < 4.78 is 33.5. The summed E-state index contributed by atoms with van der Waals surface area (Å²) in [5, 5.41) is 26.4. The molecule has 0 unspecified atom stereocenters. The zero-order chi connectivity index (χ0) is 29.0. The monoisotopic (exact) mass is 566 g/mol. The molecule has 0 aromatic carbocycles. The molecule has 2 saturated carbocycles. The molecule has 1 aliphatic heterocycles. The van der Waals surface area contributed by atoms with E-state index in [0.29, 0.717) is 23.7 Å². The molecular formula is C24H29F3N8O5. The summed E-state index contributed by atoms with van der Waals surface area (Å²) in [4.78, 5) is 48.7. The minimum absolute atomic E-state index is 0.101. The van der Waals surface area contributed by atoms with Crippen LogP contribution in [0.1, 0.15) is 57.4 Å². The highest BCUT2D eigenvalue weighted by molar-refractivity contribution is 6.14. The lowest BCUT2D eigenvalue weighted by Gasteiger charge is -2.30.